The van der Waals surface area contributed by atoms with E-state index in [0.29, 0.717) is 18.2 Å². The van der Waals surface area contributed by atoms with E-state index in [1.807, 2.05) is 60.7 Å². The fourth-order valence-corrected chi connectivity index (χ4v) is 4.85. The van der Waals surface area contributed by atoms with Crippen molar-refractivity contribution < 1.29 is 14.6 Å². The van der Waals surface area contributed by atoms with Gasteiger partial charge in [0.1, 0.15) is 17.4 Å². The van der Waals surface area contributed by atoms with Crippen LogP contribution < -0.4 is 10.1 Å². The maximum Gasteiger partial charge on any atom is 0.407 e. The Morgan fingerprint density at radius 1 is 1.09 bits per heavy atom. The normalized spacial score (nSPS) is 18.4. The van der Waals surface area contributed by atoms with Crippen molar-refractivity contribution in [3.8, 4) is 17.0 Å². The number of likely N-dealkylation sites (tertiary alicyclic amines) is 1. The minimum Gasteiger partial charge on any atom is -0.497 e. The zero-order valence-electron chi connectivity index (χ0n) is 20.2. The lowest BCUT2D eigenvalue weighted by Gasteiger charge is -2.46. The predicted molar refractivity (Wildman–Crippen MR) is 134 cm³/mol. The second-order valence-corrected chi connectivity index (χ2v) is 9.76. The van der Waals surface area contributed by atoms with Crippen LogP contribution in [0.3, 0.4) is 0 Å². The van der Waals surface area contributed by atoms with Gasteiger partial charge in [-0.05, 0) is 30.4 Å². The molecule has 0 aliphatic carbocycles. The maximum atomic E-state index is 12.1. The smallest absolute Gasteiger partial charge is 0.407 e. The Hall–Kier alpha value is -3.61. The highest BCUT2D eigenvalue weighted by molar-refractivity contribution is 5.67. The minimum atomic E-state index is -0.890. The van der Waals surface area contributed by atoms with Crippen LogP contribution in [-0.4, -0.2) is 45.8 Å². The number of anilines is 2. The van der Waals surface area contributed by atoms with E-state index in [0.717, 1.165) is 35.5 Å². The molecular weight excluding hydrogens is 428 g/mol. The third kappa shape index (κ3) is 5.14. The molecule has 0 saturated carbocycles. The van der Waals surface area contributed by atoms with Gasteiger partial charge in [0.05, 0.1) is 12.8 Å². The molecule has 4 rings (SSSR count). The first kappa shape index (κ1) is 23.5. The van der Waals surface area contributed by atoms with E-state index in [9.17, 15) is 9.90 Å². The van der Waals surface area contributed by atoms with Crippen molar-refractivity contribution in [1.29, 1.82) is 0 Å². The number of rotatable bonds is 5. The average molecular weight is 461 g/mol. The molecule has 0 radical (unpaired) electrons. The summed E-state index contributed by atoms with van der Waals surface area (Å²) in [7, 11) is 1.64. The molecule has 2 unspecified atom stereocenters. The van der Waals surface area contributed by atoms with Crippen molar-refractivity contribution in [3.05, 3.63) is 66.5 Å². The number of amides is 1. The summed E-state index contributed by atoms with van der Waals surface area (Å²) in [6.07, 6.45) is 0.725. The third-order valence-electron chi connectivity index (χ3n) is 6.25. The predicted octanol–water partition coefficient (Wildman–Crippen LogP) is 6.17. The molecule has 2 atom stereocenters. The lowest BCUT2D eigenvalue weighted by Crippen LogP contribution is -2.53. The van der Waals surface area contributed by atoms with Gasteiger partial charge in [-0.15, -0.1) is 0 Å². The third-order valence-corrected chi connectivity index (χ3v) is 6.25. The zero-order chi connectivity index (χ0) is 24.3. The number of nitrogens with zero attached hydrogens (tertiary/aromatic N) is 3. The standard InChI is InChI=1S/C27H32N4O3/c1-27(2,3)24-21(14-9-15-31(24)26(32)33)25-29-22(18-10-6-5-7-11-18)17-23(30-25)28-19-12-8-13-20(16-19)34-4/h5-8,10-13,16-17,21,24H,9,14-15H2,1-4H3,(H,32,33)(H,28,29,30). The summed E-state index contributed by atoms with van der Waals surface area (Å²) < 4.78 is 5.36. The molecule has 1 aliphatic heterocycles. The van der Waals surface area contributed by atoms with Crippen molar-refractivity contribution in [2.24, 2.45) is 5.41 Å². The summed E-state index contributed by atoms with van der Waals surface area (Å²) in [4.78, 5) is 23.6. The monoisotopic (exact) mass is 460 g/mol. The van der Waals surface area contributed by atoms with Gasteiger partial charge in [-0.1, -0.05) is 57.2 Å². The van der Waals surface area contributed by atoms with E-state index in [1.54, 1.807) is 12.0 Å². The summed E-state index contributed by atoms with van der Waals surface area (Å²) in [5, 5.41) is 13.3. The van der Waals surface area contributed by atoms with Gasteiger partial charge in [0.2, 0.25) is 0 Å². The summed E-state index contributed by atoms with van der Waals surface area (Å²) in [6, 6.07) is 19.4. The topological polar surface area (TPSA) is 87.6 Å². The van der Waals surface area contributed by atoms with E-state index < -0.39 is 6.09 Å². The number of benzene rings is 2. The summed E-state index contributed by atoms with van der Waals surface area (Å²) in [5.41, 5.74) is 2.37. The van der Waals surface area contributed by atoms with Crippen molar-refractivity contribution in [1.82, 2.24) is 14.9 Å². The van der Waals surface area contributed by atoms with Crippen LogP contribution in [0.1, 0.15) is 45.4 Å². The van der Waals surface area contributed by atoms with E-state index in [1.165, 1.54) is 0 Å². The highest BCUT2D eigenvalue weighted by Gasteiger charge is 2.43. The van der Waals surface area contributed by atoms with Gasteiger partial charge in [-0.25, -0.2) is 14.8 Å². The molecule has 7 heteroatoms. The van der Waals surface area contributed by atoms with Gasteiger partial charge in [-0.3, -0.25) is 0 Å². The summed E-state index contributed by atoms with van der Waals surface area (Å²) >= 11 is 0. The molecule has 34 heavy (non-hydrogen) atoms. The number of piperidine rings is 1. The van der Waals surface area contributed by atoms with Gasteiger partial charge < -0.3 is 20.1 Å². The Labute approximate surface area is 200 Å². The van der Waals surface area contributed by atoms with Crippen LogP contribution in [0, 0.1) is 5.41 Å². The molecule has 2 heterocycles. The number of methoxy groups -OCH3 is 1. The van der Waals surface area contributed by atoms with Crippen LogP contribution >= 0.6 is 0 Å². The van der Waals surface area contributed by atoms with Crippen LogP contribution in [0.15, 0.2) is 60.7 Å². The molecule has 2 N–H and O–H groups in total. The van der Waals surface area contributed by atoms with Gasteiger partial charge >= 0.3 is 6.09 Å². The Morgan fingerprint density at radius 3 is 2.53 bits per heavy atom. The van der Waals surface area contributed by atoms with Gasteiger partial charge in [0, 0.05) is 41.9 Å². The van der Waals surface area contributed by atoms with E-state index >= 15 is 0 Å². The van der Waals surface area contributed by atoms with Gasteiger partial charge in [-0.2, -0.15) is 0 Å². The largest absolute Gasteiger partial charge is 0.497 e. The summed E-state index contributed by atoms with van der Waals surface area (Å²) in [6.45, 7) is 6.79. The molecule has 3 aromatic rings. The average Bonchev–Trinajstić information content (AvgIpc) is 2.83. The molecule has 7 nitrogen and oxygen atoms in total. The first-order chi connectivity index (χ1) is 16.3. The quantitative estimate of drug-likeness (QED) is 0.474. The van der Waals surface area contributed by atoms with Crippen molar-refractivity contribution in [2.45, 2.75) is 45.6 Å². The molecule has 1 saturated heterocycles. The second-order valence-electron chi connectivity index (χ2n) is 9.76. The highest BCUT2D eigenvalue weighted by Crippen LogP contribution is 2.41. The molecule has 1 fully saturated rings. The first-order valence-corrected chi connectivity index (χ1v) is 11.6. The number of hydrogen-bond acceptors (Lipinski definition) is 5. The van der Waals surface area contributed by atoms with Gasteiger partial charge in [0.15, 0.2) is 0 Å². The Bertz CT molecular complexity index is 1140. The maximum absolute atomic E-state index is 12.1. The van der Waals surface area contributed by atoms with Crippen LogP contribution in [-0.2, 0) is 0 Å². The van der Waals surface area contributed by atoms with Crippen LogP contribution in [0.5, 0.6) is 5.75 Å². The number of aromatic nitrogens is 2. The lowest BCUT2D eigenvalue weighted by molar-refractivity contribution is 0.0438. The van der Waals surface area contributed by atoms with E-state index in [2.05, 4.69) is 26.1 Å². The van der Waals surface area contributed by atoms with E-state index in [-0.39, 0.29) is 17.4 Å². The molecular formula is C27H32N4O3. The second kappa shape index (κ2) is 9.71. The summed E-state index contributed by atoms with van der Waals surface area (Å²) in [5.74, 6) is 1.97. The van der Waals surface area contributed by atoms with Crippen LogP contribution in [0.2, 0.25) is 0 Å². The van der Waals surface area contributed by atoms with Crippen LogP contribution in [0.4, 0.5) is 16.3 Å². The molecule has 1 aliphatic rings. The molecule has 0 spiro atoms. The molecule has 178 valence electrons. The fraction of sp³-hybridized carbons (Fsp3) is 0.370. The minimum absolute atomic E-state index is 0.112. The number of nitrogens with one attached hydrogen (secondary N) is 1. The van der Waals surface area contributed by atoms with Crippen molar-refractivity contribution in [2.75, 3.05) is 19.0 Å². The molecule has 0 bridgehead atoms. The molecule has 2 aromatic carbocycles. The van der Waals surface area contributed by atoms with E-state index in [4.69, 9.17) is 14.7 Å². The highest BCUT2D eigenvalue weighted by atomic mass is 16.5. The molecule has 1 amide bonds. The van der Waals surface area contributed by atoms with Crippen molar-refractivity contribution in [3.63, 3.8) is 0 Å². The number of hydrogen-bond donors (Lipinski definition) is 2. The lowest BCUT2D eigenvalue weighted by atomic mass is 9.73. The Kier molecular flexibility index (Phi) is 6.72. The van der Waals surface area contributed by atoms with Crippen molar-refractivity contribution >= 4 is 17.6 Å². The first-order valence-electron chi connectivity index (χ1n) is 11.6. The SMILES string of the molecule is COc1cccc(Nc2cc(-c3ccccc3)nc(C3CCCN(C(=O)O)C3C(C)(C)C)n2)c1. The number of carbonyl (C=O) groups is 1. The number of ether oxygens (including phenoxy) is 1. The number of carboxylic acid groups (broad SMARTS) is 1. The molecule has 1 aromatic heterocycles. The van der Waals surface area contributed by atoms with Gasteiger partial charge in [0.25, 0.3) is 0 Å². The fourth-order valence-electron chi connectivity index (χ4n) is 4.85. The van der Waals surface area contributed by atoms with Crippen LogP contribution in [0.25, 0.3) is 11.3 Å². The zero-order valence-corrected chi connectivity index (χ0v) is 20.2. The Balaban J connectivity index is 1.80. The Morgan fingerprint density at radius 2 is 1.85 bits per heavy atom.